The Morgan fingerprint density at radius 1 is 1.30 bits per heavy atom. The average Bonchev–Trinajstić information content (AvgIpc) is 2.45. The summed E-state index contributed by atoms with van der Waals surface area (Å²) in [7, 11) is 0. The second kappa shape index (κ2) is 6.41. The minimum absolute atomic E-state index is 0.153. The zero-order valence-electron chi connectivity index (χ0n) is 11.4. The highest BCUT2D eigenvalue weighted by Crippen LogP contribution is 2.29. The van der Waals surface area contributed by atoms with Gasteiger partial charge in [-0.05, 0) is 37.8 Å². The van der Waals surface area contributed by atoms with Crippen molar-refractivity contribution in [2.45, 2.75) is 38.1 Å². The summed E-state index contributed by atoms with van der Waals surface area (Å²) in [6.07, 6.45) is 3.86. The molecule has 1 saturated heterocycles. The van der Waals surface area contributed by atoms with Crippen molar-refractivity contribution in [1.29, 1.82) is 0 Å². The molecule has 1 aliphatic heterocycles. The molecule has 0 saturated carbocycles. The van der Waals surface area contributed by atoms with Gasteiger partial charge in [-0.25, -0.2) is 0 Å². The van der Waals surface area contributed by atoms with Crippen LogP contribution >= 0.6 is 0 Å². The van der Waals surface area contributed by atoms with Crippen LogP contribution in [0.4, 0.5) is 5.69 Å². The van der Waals surface area contributed by atoms with E-state index in [2.05, 4.69) is 4.90 Å². The van der Waals surface area contributed by atoms with E-state index in [1.165, 1.54) is 0 Å². The fraction of sp³-hybridized carbons (Fsp3) is 0.467. The Hall–Kier alpha value is -2.04. The van der Waals surface area contributed by atoms with Gasteiger partial charge in [-0.3, -0.25) is 9.59 Å². The summed E-state index contributed by atoms with van der Waals surface area (Å²) < 4.78 is 0. The van der Waals surface area contributed by atoms with Crippen molar-refractivity contribution in [2.24, 2.45) is 5.73 Å². The summed E-state index contributed by atoms with van der Waals surface area (Å²) in [4.78, 5) is 24.5. The maximum atomic E-state index is 11.5. The molecule has 1 amide bonds. The second-order valence-electron chi connectivity index (χ2n) is 5.16. The van der Waals surface area contributed by atoms with Crippen LogP contribution in [0.2, 0.25) is 0 Å². The standard InChI is InChI=1S/C15H20N2O3/c16-15(20)12-6-1-2-7-13(12)17-10-4-3-5-11(17)8-9-14(18)19/h1-2,6-7,11H,3-5,8-10H2,(H2,16,20)(H,18,19). The van der Waals surface area contributed by atoms with Crippen LogP contribution in [-0.2, 0) is 4.79 Å². The first kappa shape index (κ1) is 14.4. The highest BCUT2D eigenvalue weighted by atomic mass is 16.4. The molecule has 1 unspecified atom stereocenters. The van der Waals surface area contributed by atoms with Crippen LogP contribution in [0.15, 0.2) is 24.3 Å². The van der Waals surface area contributed by atoms with Gasteiger partial charge in [0.2, 0.25) is 0 Å². The Bertz CT molecular complexity index is 502. The number of carboxylic acid groups (broad SMARTS) is 1. The zero-order valence-corrected chi connectivity index (χ0v) is 11.4. The molecule has 5 nitrogen and oxygen atoms in total. The Morgan fingerprint density at radius 3 is 2.75 bits per heavy atom. The van der Waals surface area contributed by atoms with Crippen LogP contribution in [0.25, 0.3) is 0 Å². The van der Waals surface area contributed by atoms with E-state index in [-0.39, 0.29) is 12.5 Å². The third-order valence-corrected chi connectivity index (χ3v) is 3.80. The molecule has 2 rings (SSSR count). The number of nitrogens with two attached hydrogens (primary N) is 1. The van der Waals surface area contributed by atoms with E-state index in [4.69, 9.17) is 10.8 Å². The monoisotopic (exact) mass is 276 g/mol. The van der Waals surface area contributed by atoms with E-state index in [9.17, 15) is 9.59 Å². The smallest absolute Gasteiger partial charge is 0.303 e. The number of amides is 1. The molecule has 5 heteroatoms. The van der Waals surface area contributed by atoms with Crippen LogP contribution in [0.5, 0.6) is 0 Å². The van der Waals surface area contributed by atoms with Gasteiger partial charge in [0.05, 0.1) is 5.56 Å². The topological polar surface area (TPSA) is 83.6 Å². The van der Waals surface area contributed by atoms with Crippen molar-refractivity contribution in [3.05, 3.63) is 29.8 Å². The lowest BCUT2D eigenvalue weighted by molar-refractivity contribution is -0.137. The first-order valence-corrected chi connectivity index (χ1v) is 6.97. The molecule has 1 aromatic rings. The molecule has 0 aromatic heterocycles. The van der Waals surface area contributed by atoms with Gasteiger partial charge in [0.1, 0.15) is 0 Å². The molecular formula is C15H20N2O3. The quantitative estimate of drug-likeness (QED) is 0.861. The summed E-state index contributed by atoms with van der Waals surface area (Å²) in [6, 6.07) is 7.45. The third kappa shape index (κ3) is 3.29. The maximum absolute atomic E-state index is 11.5. The number of para-hydroxylation sites is 1. The molecule has 3 N–H and O–H groups in total. The predicted octanol–water partition coefficient (Wildman–Crippen LogP) is 2.01. The largest absolute Gasteiger partial charge is 0.481 e. The number of anilines is 1. The van der Waals surface area contributed by atoms with Crippen molar-refractivity contribution < 1.29 is 14.7 Å². The van der Waals surface area contributed by atoms with Crippen molar-refractivity contribution >= 4 is 17.6 Å². The van der Waals surface area contributed by atoms with E-state index in [0.717, 1.165) is 31.5 Å². The number of carbonyl (C=O) groups excluding carboxylic acids is 1. The summed E-state index contributed by atoms with van der Waals surface area (Å²) >= 11 is 0. The number of aliphatic carboxylic acids is 1. The first-order chi connectivity index (χ1) is 9.59. The molecule has 1 aromatic carbocycles. The second-order valence-corrected chi connectivity index (χ2v) is 5.16. The van der Waals surface area contributed by atoms with Crippen LogP contribution in [0.1, 0.15) is 42.5 Å². The Morgan fingerprint density at radius 2 is 2.05 bits per heavy atom. The van der Waals surface area contributed by atoms with Crippen molar-refractivity contribution in [3.63, 3.8) is 0 Å². The van der Waals surface area contributed by atoms with Gasteiger partial charge in [0, 0.05) is 24.7 Å². The molecule has 1 atom stereocenters. The molecule has 0 aliphatic carbocycles. The Balaban J connectivity index is 2.23. The summed E-state index contributed by atoms with van der Waals surface area (Å²) in [5.41, 5.74) is 6.77. The first-order valence-electron chi connectivity index (χ1n) is 6.97. The molecule has 1 heterocycles. The van der Waals surface area contributed by atoms with Crippen LogP contribution < -0.4 is 10.6 Å². The fourth-order valence-electron chi connectivity index (χ4n) is 2.84. The lowest BCUT2D eigenvalue weighted by atomic mass is 9.96. The SMILES string of the molecule is NC(=O)c1ccccc1N1CCCCC1CCC(=O)O. The zero-order chi connectivity index (χ0) is 14.5. The molecule has 1 aliphatic rings. The molecule has 0 radical (unpaired) electrons. The fourth-order valence-corrected chi connectivity index (χ4v) is 2.84. The van der Waals surface area contributed by atoms with Crippen LogP contribution in [0.3, 0.4) is 0 Å². The Kier molecular flexibility index (Phi) is 4.61. The van der Waals surface area contributed by atoms with Crippen LogP contribution in [0, 0.1) is 0 Å². The third-order valence-electron chi connectivity index (χ3n) is 3.80. The molecule has 108 valence electrons. The summed E-state index contributed by atoms with van der Waals surface area (Å²) in [5.74, 6) is -1.22. The normalized spacial score (nSPS) is 18.8. The molecular weight excluding hydrogens is 256 g/mol. The van der Waals surface area contributed by atoms with Crippen molar-refractivity contribution in [2.75, 3.05) is 11.4 Å². The van der Waals surface area contributed by atoms with Gasteiger partial charge in [-0.15, -0.1) is 0 Å². The van der Waals surface area contributed by atoms with E-state index < -0.39 is 11.9 Å². The van der Waals surface area contributed by atoms with E-state index in [0.29, 0.717) is 12.0 Å². The lowest BCUT2D eigenvalue weighted by Gasteiger charge is -2.38. The summed E-state index contributed by atoms with van der Waals surface area (Å²) in [5, 5.41) is 8.85. The van der Waals surface area contributed by atoms with Gasteiger partial charge >= 0.3 is 5.97 Å². The number of carbonyl (C=O) groups is 2. The summed E-state index contributed by atoms with van der Waals surface area (Å²) in [6.45, 7) is 0.842. The van der Waals surface area contributed by atoms with E-state index in [1.807, 2.05) is 12.1 Å². The molecule has 0 bridgehead atoms. The number of hydrogen-bond acceptors (Lipinski definition) is 3. The average molecular weight is 276 g/mol. The van der Waals surface area contributed by atoms with E-state index in [1.54, 1.807) is 12.1 Å². The minimum Gasteiger partial charge on any atom is -0.481 e. The van der Waals surface area contributed by atoms with Gasteiger partial charge in [0.25, 0.3) is 5.91 Å². The number of benzene rings is 1. The molecule has 0 spiro atoms. The van der Waals surface area contributed by atoms with Crippen molar-refractivity contribution in [1.82, 2.24) is 0 Å². The molecule has 1 fully saturated rings. The van der Waals surface area contributed by atoms with Gasteiger partial charge < -0.3 is 15.7 Å². The number of nitrogens with zero attached hydrogens (tertiary/aromatic N) is 1. The van der Waals surface area contributed by atoms with E-state index >= 15 is 0 Å². The maximum Gasteiger partial charge on any atom is 0.303 e. The number of primary amides is 1. The Labute approximate surface area is 118 Å². The van der Waals surface area contributed by atoms with Gasteiger partial charge in [-0.2, -0.15) is 0 Å². The number of rotatable bonds is 5. The number of hydrogen-bond donors (Lipinski definition) is 2. The van der Waals surface area contributed by atoms with Crippen molar-refractivity contribution in [3.8, 4) is 0 Å². The lowest BCUT2D eigenvalue weighted by Crippen LogP contribution is -2.41. The predicted molar refractivity (Wildman–Crippen MR) is 76.8 cm³/mol. The highest BCUT2D eigenvalue weighted by Gasteiger charge is 2.25. The number of piperidine rings is 1. The minimum atomic E-state index is -0.779. The highest BCUT2D eigenvalue weighted by molar-refractivity contribution is 5.98. The molecule has 20 heavy (non-hydrogen) atoms. The van der Waals surface area contributed by atoms with Crippen LogP contribution in [-0.4, -0.2) is 29.6 Å². The van der Waals surface area contributed by atoms with Gasteiger partial charge in [-0.1, -0.05) is 12.1 Å². The van der Waals surface area contributed by atoms with Gasteiger partial charge in [0.15, 0.2) is 0 Å². The number of carboxylic acids is 1.